The predicted octanol–water partition coefficient (Wildman–Crippen LogP) is 4.66. The fourth-order valence-corrected chi connectivity index (χ4v) is 3.29. The van der Waals surface area contributed by atoms with E-state index < -0.39 is 18.0 Å². The number of esters is 1. The van der Waals surface area contributed by atoms with E-state index in [1.54, 1.807) is 12.1 Å². The minimum atomic E-state index is -1.03. The summed E-state index contributed by atoms with van der Waals surface area (Å²) in [5, 5.41) is 5.29. The molecule has 8 heteroatoms. The van der Waals surface area contributed by atoms with E-state index in [9.17, 15) is 9.59 Å². The first kappa shape index (κ1) is 19.9. The minimum Gasteiger partial charge on any atom is -0.496 e. The molecule has 1 aromatic heterocycles. The zero-order valence-electron chi connectivity index (χ0n) is 15.1. The third kappa shape index (κ3) is 4.68. The van der Waals surface area contributed by atoms with E-state index in [0.717, 1.165) is 11.3 Å². The minimum absolute atomic E-state index is 0.148. The van der Waals surface area contributed by atoms with Crippen LogP contribution < -0.4 is 10.1 Å². The van der Waals surface area contributed by atoms with Crippen LogP contribution in [0.5, 0.6) is 5.75 Å². The van der Waals surface area contributed by atoms with Crippen molar-refractivity contribution < 1.29 is 19.1 Å². The van der Waals surface area contributed by atoms with Crippen LogP contribution in [0.3, 0.4) is 0 Å². The van der Waals surface area contributed by atoms with Crippen LogP contribution >= 0.6 is 22.9 Å². The number of thiazole rings is 1. The number of nitrogens with zero attached hydrogens (tertiary/aromatic N) is 1. The Bertz CT molecular complexity index is 991. The van der Waals surface area contributed by atoms with Crippen LogP contribution in [0.2, 0.25) is 5.02 Å². The lowest BCUT2D eigenvalue weighted by Gasteiger charge is -2.14. The van der Waals surface area contributed by atoms with Gasteiger partial charge in [-0.05, 0) is 25.1 Å². The second kappa shape index (κ2) is 8.86. The summed E-state index contributed by atoms with van der Waals surface area (Å²) in [4.78, 5) is 29.1. The highest BCUT2D eigenvalue weighted by molar-refractivity contribution is 7.14. The molecule has 0 aliphatic carbocycles. The molecule has 6 nitrogen and oxygen atoms in total. The van der Waals surface area contributed by atoms with E-state index in [0.29, 0.717) is 15.9 Å². The molecule has 2 aromatic carbocycles. The first-order valence-corrected chi connectivity index (χ1v) is 9.60. The third-order valence-corrected chi connectivity index (χ3v) is 4.83. The van der Waals surface area contributed by atoms with Gasteiger partial charge in [-0.2, -0.15) is 0 Å². The standard InChI is InChI=1S/C20H17ClN2O4S/c1-12(27-19(25)15-10-14(21)8-9-17(15)26-2)18(24)23-20-22-16(11-28-20)13-6-4-3-5-7-13/h3-12H,1-2H3,(H,22,23,24)/t12-/m1/s1. The van der Waals surface area contributed by atoms with E-state index in [2.05, 4.69) is 10.3 Å². The lowest BCUT2D eigenvalue weighted by atomic mass is 10.2. The van der Waals surface area contributed by atoms with Gasteiger partial charge in [0.2, 0.25) is 0 Å². The molecule has 0 fully saturated rings. The molecule has 0 bridgehead atoms. The molecule has 0 aliphatic rings. The average Bonchev–Trinajstić information content (AvgIpc) is 3.17. The van der Waals surface area contributed by atoms with Gasteiger partial charge in [0.15, 0.2) is 11.2 Å². The molecule has 0 aliphatic heterocycles. The summed E-state index contributed by atoms with van der Waals surface area (Å²) in [6.07, 6.45) is -1.03. The average molecular weight is 417 g/mol. The van der Waals surface area contributed by atoms with Gasteiger partial charge >= 0.3 is 5.97 Å². The Morgan fingerprint density at radius 3 is 2.64 bits per heavy atom. The van der Waals surface area contributed by atoms with Crippen molar-refractivity contribution in [3.63, 3.8) is 0 Å². The predicted molar refractivity (Wildman–Crippen MR) is 109 cm³/mol. The highest BCUT2D eigenvalue weighted by Gasteiger charge is 2.22. The summed E-state index contributed by atoms with van der Waals surface area (Å²) < 4.78 is 10.4. The molecule has 0 spiro atoms. The number of aromatic nitrogens is 1. The lowest BCUT2D eigenvalue weighted by Crippen LogP contribution is -2.30. The van der Waals surface area contributed by atoms with Gasteiger partial charge in [-0.25, -0.2) is 9.78 Å². The summed E-state index contributed by atoms with van der Waals surface area (Å²) in [6.45, 7) is 1.48. The number of halogens is 1. The van der Waals surface area contributed by atoms with Crippen LogP contribution in [0, 0.1) is 0 Å². The second-order valence-corrected chi connectivity index (χ2v) is 7.08. The fraction of sp³-hybridized carbons (Fsp3) is 0.150. The SMILES string of the molecule is COc1ccc(Cl)cc1C(=O)O[C@H](C)C(=O)Nc1nc(-c2ccccc2)cs1. The van der Waals surface area contributed by atoms with Gasteiger partial charge in [0.25, 0.3) is 5.91 Å². The molecule has 1 amide bonds. The molecular weight excluding hydrogens is 400 g/mol. The number of hydrogen-bond donors (Lipinski definition) is 1. The molecule has 28 heavy (non-hydrogen) atoms. The van der Waals surface area contributed by atoms with Gasteiger partial charge in [-0.1, -0.05) is 41.9 Å². The monoisotopic (exact) mass is 416 g/mol. The van der Waals surface area contributed by atoms with Gasteiger partial charge in [0, 0.05) is 16.0 Å². The summed E-state index contributed by atoms with van der Waals surface area (Å²) in [7, 11) is 1.43. The van der Waals surface area contributed by atoms with Crippen molar-refractivity contribution >= 4 is 39.9 Å². The Hall–Kier alpha value is -2.90. The van der Waals surface area contributed by atoms with Crippen LogP contribution in [0.15, 0.2) is 53.9 Å². The van der Waals surface area contributed by atoms with Crippen LogP contribution in [0.25, 0.3) is 11.3 Å². The summed E-state index contributed by atoms with van der Waals surface area (Å²) in [5.74, 6) is -0.871. The van der Waals surface area contributed by atoms with E-state index in [4.69, 9.17) is 21.1 Å². The van der Waals surface area contributed by atoms with Crippen LogP contribution in [-0.4, -0.2) is 30.1 Å². The molecule has 0 unspecified atom stereocenters. The Morgan fingerprint density at radius 1 is 1.18 bits per heavy atom. The Balaban J connectivity index is 1.65. The van der Waals surface area contributed by atoms with Crippen LogP contribution in [-0.2, 0) is 9.53 Å². The number of carbonyl (C=O) groups is 2. The largest absolute Gasteiger partial charge is 0.496 e. The Labute approximate surface area is 171 Å². The number of nitrogens with one attached hydrogen (secondary N) is 1. The van der Waals surface area contributed by atoms with E-state index in [1.807, 2.05) is 35.7 Å². The lowest BCUT2D eigenvalue weighted by molar-refractivity contribution is -0.123. The van der Waals surface area contributed by atoms with Crippen molar-refractivity contribution in [2.24, 2.45) is 0 Å². The topological polar surface area (TPSA) is 77.5 Å². The van der Waals surface area contributed by atoms with E-state index in [1.165, 1.54) is 31.4 Å². The number of anilines is 1. The number of rotatable bonds is 6. The number of ether oxygens (including phenoxy) is 2. The number of benzene rings is 2. The number of methoxy groups -OCH3 is 1. The maximum atomic E-state index is 12.4. The van der Waals surface area contributed by atoms with Crippen molar-refractivity contribution in [3.8, 4) is 17.0 Å². The van der Waals surface area contributed by atoms with Gasteiger partial charge in [0.05, 0.1) is 12.8 Å². The molecule has 1 atom stereocenters. The van der Waals surface area contributed by atoms with Crippen molar-refractivity contribution in [3.05, 3.63) is 64.5 Å². The highest BCUT2D eigenvalue weighted by atomic mass is 35.5. The number of hydrogen-bond acceptors (Lipinski definition) is 6. The van der Waals surface area contributed by atoms with Crippen LogP contribution in [0.1, 0.15) is 17.3 Å². The van der Waals surface area contributed by atoms with Crippen molar-refractivity contribution in [1.29, 1.82) is 0 Å². The Kier molecular flexibility index (Phi) is 6.28. The molecule has 1 N–H and O–H groups in total. The van der Waals surface area contributed by atoms with Crippen LogP contribution in [0.4, 0.5) is 5.13 Å². The summed E-state index contributed by atoms with van der Waals surface area (Å²) in [6, 6.07) is 14.2. The normalized spacial score (nSPS) is 11.5. The molecule has 3 rings (SSSR count). The molecular formula is C20H17ClN2O4S. The maximum absolute atomic E-state index is 12.4. The first-order valence-electron chi connectivity index (χ1n) is 8.34. The molecule has 0 saturated heterocycles. The summed E-state index contributed by atoms with van der Waals surface area (Å²) in [5.41, 5.74) is 1.86. The molecule has 3 aromatic rings. The van der Waals surface area contributed by atoms with Crippen molar-refractivity contribution in [2.75, 3.05) is 12.4 Å². The van der Waals surface area contributed by atoms with Gasteiger partial charge in [-0.15, -0.1) is 11.3 Å². The quantitative estimate of drug-likeness (QED) is 0.591. The van der Waals surface area contributed by atoms with Crippen molar-refractivity contribution in [1.82, 2.24) is 4.98 Å². The molecule has 1 heterocycles. The summed E-state index contributed by atoms with van der Waals surface area (Å²) >= 11 is 7.22. The van der Waals surface area contributed by atoms with Gasteiger partial charge < -0.3 is 9.47 Å². The van der Waals surface area contributed by atoms with Gasteiger partial charge in [0.1, 0.15) is 11.3 Å². The molecule has 144 valence electrons. The second-order valence-electron chi connectivity index (χ2n) is 5.79. The smallest absolute Gasteiger partial charge is 0.342 e. The van der Waals surface area contributed by atoms with E-state index in [-0.39, 0.29) is 5.56 Å². The van der Waals surface area contributed by atoms with Crippen molar-refractivity contribution in [2.45, 2.75) is 13.0 Å². The zero-order chi connectivity index (χ0) is 20.1. The zero-order valence-corrected chi connectivity index (χ0v) is 16.7. The number of carbonyl (C=O) groups excluding carboxylic acids is 2. The maximum Gasteiger partial charge on any atom is 0.342 e. The number of amides is 1. The molecule has 0 saturated carbocycles. The third-order valence-electron chi connectivity index (χ3n) is 3.84. The molecule has 0 radical (unpaired) electrons. The Morgan fingerprint density at radius 2 is 1.93 bits per heavy atom. The van der Waals surface area contributed by atoms with Gasteiger partial charge in [-0.3, -0.25) is 10.1 Å². The fourth-order valence-electron chi connectivity index (χ4n) is 2.40. The van der Waals surface area contributed by atoms with E-state index >= 15 is 0 Å². The first-order chi connectivity index (χ1) is 13.5. The highest BCUT2D eigenvalue weighted by Crippen LogP contribution is 2.26.